The van der Waals surface area contributed by atoms with E-state index in [4.69, 9.17) is 11.6 Å². The molecule has 1 heterocycles. The van der Waals surface area contributed by atoms with Gasteiger partial charge in [0.15, 0.2) is 0 Å². The third-order valence-corrected chi connectivity index (χ3v) is 3.27. The highest BCUT2D eigenvalue weighted by Crippen LogP contribution is 2.32. The summed E-state index contributed by atoms with van der Waals surface area (Å²) in [6, 6.07) is 0. The third kappa shape index (κ3) is 4.57. The van der Waals surface area contributed by atoms with E-state index in [9.17, 15) is 13.2 Å². The number of halogens is 5. The van der Waals surface area contributed by atoms with Crippen LogP contribution in [-0.4, -0.2) is 14.8 Å². The molecule has 0 aliphatic carbocycles. The summed E-state index contributed by atoms with van der Waals surface area (Å²) < 4.78 is 38.1. The van der Waals surface area contributed by atoms with Crippen molar-refractivity contribution < 1.29 is 13.2 Å². The Balaban J connectivity index is 2.86. The number of allylic oxidation sites excluding steroid dienone is 1. The minimum absolute atomic E-state index is 0.0731. The van der Waals surface area contributed by atoms with Crippen molar-refractivity contribution in [3.05, 3.63) is 35.4 Å². The molecular formula is C11H11BrClF3N2. The van der Waals surface area contributed by atoms with Crippen molar-refractivity contribution in [2.45, 2.75) is 30.3 Å². The molecule has 2 nitrogen and oxygen atoms in total. The molecule has 0 aromatic carbocycles. The molecule has 7 heteroatoms. The number of hydrogen-bond acceptors (Lipinski definition) is 2. The van der Waals surface area contributed by atoms with E-state index in [0.29, 0.717) is 12.8 Å². The van der Waals surface area contributed by atoms with Gasteiger partial charge in [0.2, 0.25) is 5.28 Å². The van der Waals surface area contributed by atoms with Gasteiger partial charge >= 0.3 is 6.18 Å². The molecule has 1 atom stereocenters. The van der Waals surface area contributed by atoms with E-state index in [1.807, 2.05) is 0 Å². The van der Waals surface area contributed by atoms with E-state index < -0.39 is 11.7 Å². The van der Waals surface area contributed by atoms with Crippen LogP contribution in [0.25, 0.3) is 0 Å². The van der Waals surface area contributed by atoms with Gasteiger partial charge in [0.25, 0.3) is 0 Å². The van der Waals surface area contributed by atoms with Crippen molar-refractivity contribution in [1.82, 2.24) is 9.97 Å². The van der Waals surface area contributed by atoms with Gasteiger partial charge in [0.05, 0.1) is 11.3 Å². The molecule has 0 aliphatic rings. The van der Waals surface area contributed by atoms with Gasteiger partial charge in [-0.25, -0.2) is 9.97 Å². The van der Waals surface area contributed by atoms with Gasteiger partial charge in [-0.1, -0.05) is 22.0 Å². The van der Waals surface area contributed by atoms with Gasteiger partial charge in [0.1, 0.15) is 0 Å². The molecule has 1 aromatic rings. The van der Waals surface area contributed by atoms with E-state index in [2.05, 4.69) is 32.5 Å². The maximum absolute atomic E-state index is 12.7. The first-order valence-electron chi connectivity index (χ1n) is 5.18. The lowest BCUT2D eigenvalue weighted by molar-refractivity contribution is -0.138. The zero-order valence-corrected chi connectivity index (χ0v) is 11.7. The van der Waals surface area contributed by atoms with Crippen LogP contribution in [0.3, 0.4) is 0 Å². The molecule has 1 aromatic heterocycles. The molecule has 0 radical (unpaired) electrons. The summed E-state index contributed by atoms with van der Waals surface area (Å²) >= 11 is 8.89. The van der Waals surface area contributed by atoms with Crippen molar-refractivity contribution in [3.63, 3.8) is 0 Å². The van der Waals surface area contributed by atoms with E-state index in [-0.39, 0.29) is 22.2 Å². The fraction of sp³-hybridized carbons (Fsp3) is 0.455. The minimum Gasteiger partial charge on any atom is -0.226 e. The molecule has 0 N–H and O–H groups in total. The predicted octanol–water partition coefficient (Wildman–Crippen LogP) is 4.42. The van der Waals surface area contributed by atoms with Crippen molar-refractivity contribution >= 4 is 27.5 Å². The number of aryl methyl sites for hydroxylation is 1. The van der Waals surface area contributed by atoms with Gasteiger partial charge < -0.3 is 0 Å². The van der Waals surface area contributed by atoms with Gasteiger partial charge in [0, 0.05) is 11.0 Å². The molecule has 18 heavy (non-hydrogen) atoms. The number of aromatic nitrogens is 2. The van der Waals surface area contributed by atoms with Crippen LogP contribution in [0, 0.1) is 0 Å². The van der Waals surface area contributed by atoms with E-state index in [0.717, 1.165) is 6.20 Å². The zero-order valence-electron chi connectivity index (χ0n) is 9.34. The average molecular weight is 344 g/mol. The lowest BCUT2D eigenvalue weighted by atomic mass is 10.1. The van der Waals surface area contributed by atoms with Crippen molar-refractivity contribution in [1.29, 1.82) is 0 Å². The first kappa shape index (κ1) is 15.4. The molecule has 100 valence electrons. The van der Waals surface area contributed by atoms with Crippen LogP contribution >= 0.6 is 27.5 Å². The summed E-state index contributed by atoms with van der Waals surface area (Å²) in [6.45, 7) is 3.57. The first-order valence-corrected chi connectivity index (χ1v) is 6.47. The summed E-state index contributed by atoms with van der Waals surface area (Å²) in [4.78, 5) is 7.11. The molecule has 0 unspecified atom stereocenters. The average Bonchev–Trinajstić information content (AvgIpc) is 2.25. The van der Waals surface area contributed by atoms with Gasteiger partial charge in [-0.3, -0.25) is 0 Å². The lowest BCUT2D eigenvalue weighted by Gasteiger charge is -2.12. The fourth-order valence-electron chi connectivity index (χ4n) is 1.41. The SMILES string of the molecule is C=CC[C@H](Br)CCc1nc(Cl)ncc1C(F)(F)F. The Labute approximate surface area is 116 Å². The molecule has 0 spiro atoms. The Bertz CT molecular complexity index is 423. The quantitative estimate of drug-likeness (QED) is 0.449. The number of hydrogen-bond donors (Lipinski definition) is 0. The Morgan fingerprint density at radius 2 is 2.17 bits per heavy atom. The van der Waals surface area contributed by atoms with Crippen molar-refractivity contribution in [2.75, 3.05) is 0 Å². The monoisotopic (exact) mass is 342 g/mol. The molecule has 0 saturated heterocycles. The molecule has 1 rings (SSSR count). The largest absolute Gasteiger partial charge is 0.419 e. The number of alkyl halides is 4. The maximum atomic E-state index is 12.7. The van der Waals surface area contributed by atoms with Gasteiger partial charge in [-0.15, -0.1) is 6.58 Å². The first-order chi connectivity index (χ1) is 8.34. The lowest BCUT2D eigenvalue weighted by Crippen LogP contribution is -2.13. The van der Waals surface area contributed by atoms with E-state index in [1.54, 1.807) is 6.08 Å². The van der Waals surface area contributed by atoms with Gasteiger partial charge in [-0.05, 0) is 30.9 Å². The molecular weight excluding hydrogens is 332 g/mol. The highest BCUT2D eigenvalue weighted by Gasteiger charge is 2.34. The van der Waals surface area contributed by atoms with Crippen LogP contribution in [0.4, 0.5) is 13.2 Å². The van der Waals surface area contributed by atoms with Crippen molar-refractivity contribution in [2.24, 2.45) is 0 Å². The van der Waals surface area contributed by atoms with Crippen LogP contribution in [0.15, 0.2) is 18.9 Å². The second-order valence-electron chi connectivity index (χ2n) is 3.66. The van der Waals surface area contributed by atoms with Crippen LogP contribution in [0.5, 0.6) is 0 Å². The number of rotatable bonds is 5. The summed E-state index contributed by atoms with van der Waals surface area (Å²) in [5.41, 5.74) is -0.902. The Morgan fingerprint density at radius 1 is 1.50 bits per heavy atom. The summed E-state index contributed by atoms with van der Waals surface area (Å²) in [6.07, 6.45) is -0.651. The molecule has 0 fully saturated rings. The normalized spacial score (nSPS) is 13.4. The van der Waals surface area contributed by atoms with Crippen LogP contribution in [-0.2, 0) is 12.6 Å². The Hall–Kier alpha value is -0.620. The summed E-state index contributed by atoms with van der Waals surface area (Å²) in [5, 5.41) is -0.173. The van der Waals surface area contributed by atoms with Crippen LogP contribution in [0.1, 0.15) is 24.1 Å². The standard InChI is InChI=1S/C11H11BrClF3N2/c1-2-3-7(12)4-5-9-8(11(14,15)16)6-17-10(13)18-9/h2,6-7H,1,3-5H2/t7-/m0/s1. The molecule has 0 saturated carbocycles. The van der Waals surface area contributed by atoms with Gasteiger partial charge in [-0.2, -0.15) is 13.2 Å². The third-order valence-electron chi connectivity index (χ3n) is 2.26. The van der Waals surface area contributed by atoms with Crippen LogP contribution < -0.4 is 0 Å². The van der Waals surface area contributed by atoms with Crippen molar-refractivity contribution in [3.8, 4) is 0 Å². The minimum atomic E-state index is -4.46. The highest BCUT2D eigenvalue weighted by atomic mass is 79.9. The smallest absolute Gasteiger partial charge is 0.226 e. The second-order valence-corrected chi connectivity index (χ2v) is 5.29. The number of nitrogens with zero attached hydrogens (tertiary/aromatic N) is 2. The predicted molar refractivity (Wildman–Crippen MR) is 67.9 cm³/mol. The Kier molecular flexibility index (Phi) is 5.59. The molecule has 0 aliphatic heterocycles. The highest BCUT2D eigenvalue weighted by molar-refractivity contribution is 9.09. The second kappa shape index (κ2) is 6.52. The van der Waals surface area contributed by atoms with E-state index >= 15 is 0 Å². The fourth-order valence-corrected chi connectivity index (χ4v) is 2.06. The van der Waals surface area contributed by atoms with Crippen LogP contribution in [0.2, 0.25) is 5.28 Å². The Morgan fingerprint density at radius 3 is 2.72 bits per heavy atom. The topological polar surface area (TPSA) is 25.8 Å². The van der Waals surface area contributed by atoms with E-state index in [1.165, 1.54) is 0 Å². The summed E-state index contributed by atoms with van der Waals surface area (Å²) in [5.74, 6) is 0. The maximum Gasteiger partial charge on any atom is 0.419 e. The zero-order chi connectivity index (χ0) is 13.8. The summed E-state index contributed by atoms with van der Waals surface area (Å²) in [7, 11) is 0. The molecule has 0 amide bonds. The molecule has 0 bridgehead atoms.